The summed E-state index contributed by atoms with van der Waals surface area (Å²) in [5.41, 5.74) is 6.13. The largest absolute Gasteiger partial charge is 0.352 e. The summed E-state index contributed by atoms with van der Waals surface area (Å²) in [7, 11) is 0. The van der Waals surface area contributed by atoms with Gasteiger partial charge in [-0.15, -0.1) is 11.3 Å². The maximum absolute atomic E-state index is 12.0. The molecule has 0 aromatic carbocycles. The Morgan fingerprint density at radius 2 is 2.29 bits per heavy atom. The number of nitrogens with one attached hydrogen (secondary N) is 2. The van der Waals surface area contributed by atoms with Crippen molar-refractivity contribution in [3.8, 4) is 0 Å². The highest BCUT2D eigenvalue weighted by atomic mass is 32.1. The topological polar surface area (TPSA) is 100 Å². The van der Waals surface area contributed by atoms with Crippen LogP contribution in [0.3, 0.4) is 0 Å². The van der Waals surface area contributed by atoms with Gasteiger partial charge in [-0.1, -0.05) is 6.92 Å². The maximum Gasteiger partial charge on any atom is 0.312 e. The second kappa shape index (κ2) is 6.86. The highest BCUT2D eigenvalue weighted by Crippen LogP contribution is 2.22. The fraction of sp³-hybridized carbons (Fsp3) is 0.615. The number of thiazole rings is 1. The average Bonchev–Trinajstić information content (AvgIpc) is 2.95. The third kappa shape index (κ3) is 4.40. The van der Waals surface area contributed by atoms with Crippen LogP contribution < -0.4 is 16.4 Å². The van der Waals surface area contributed by atoms with Gasteiger partial charge in [0.1, 0.15) is 0 Å². The predicted molar refractivity (Wildman–Crippen MR) is 82.4 cm³/mol. The molecule has 1 aromatic rings. The third-order valence-corrected chi connectivity index (χ3v) is 4.39. The first-order chi connectivity index (χ1) is 9.97. The number of anilines is 1. The Morgan fingerprint density at radius 3 is 2.90 bits per heavy atom. The van der Waals surface area contributed by atoms with Crippen LogP contribution in [0.25, 0.3) is 0 Å². The summed E-state index contributed by atoms with van der Waals surface area (Å²) < 4.78 is 0. The molecular formula is C13H21N5O2S. The fourth-order valence-electron chi connectivity index (χ4n) is 2.47. The number of aromatic nitrogens is 1. The van der Waals surface area contributed by atoms with Crippen LogP contribution in [-0.4, -0.2) is 47.5 Å². The van der Waals surface area contributed by atoms with E-state index in [1.54, 1.807) is 0 Å². The first-order valence-corrected chi connectivity index (χ1v) is 7.84. The first-order valence-electron chi connectivity index (χ1n) is 7.02. The van der Waals surface area contributed by atoms with Crippen LogP contribution >= 0.6 is 11.3 Å². The van der Waals surface area contributed by atoms with Crippen LogP contribution in [0, 0.1) is 6.92 Å². The average molecular weight is 311 g/mol. The Kier molecular flexibility index (Phi) is 5.13. The van der Waals surface area contributed by atoms with E-state index in [9.17, 15) is 9.59 Å². The van der Waals surface area contributed by atoms with Gasteiger partial charge in [-0.2, -0.15) is 0 Å². The highest BCUT2D eigenvalue weighted by Gasteiger charge is 2.24. The zero-order valence-corrected chi connectivity index (χ0v) is 13.1. The Morgan fingerprint density at radius 1 is 1.52 bits per heavy atom. The lowest BCUT2D eigenvalue weighted by molar-refractivity contribution is -0.117. The molecule has 1 aliphatic heterocycles. The van der Waals surface area contributed by atoms with Crippen LogP contribution in [0.4, 0.5) is 9.93 Å². The van der Waals surface area contributed by atoms with Crippen LogP contribution in [0.2, 0.25) is 0 Å². The van der Waals surface area contributed by atoms with Gasteiger partial charge in [0.2, 0.25) is 5.91 Å². The lowest BCUT2D eigenvalue weighted by Crippen LogP contribution is -2.41. The predicted octanol–water partition coefficient (Wildman–Crippen LogP) is 0.695. The summed E-state index contributed by atoms with van der Waals surface area (Å²) in [5, 5.41) is 6.16. The van der Waals surface area contributed by atoms with Crippen molar-refractivity contribution >= 4 is 28.4 Å². The second-order valence-electron chi connectivity index (χ2n) is 5.15. The van der Waals surface area contributed by atoms with Gasteiger partial charge in [0, 0.05) is 24.0 Å². The van der Waals surface area contributed by atoms with Crippen molar-refractivity contribution in [3.63, 3.8) is 0 Å². The minimum Gasteiger partial charge on any atom is -0.352 e. The molecule has 0 bridgehead atoms. The maximum atomic E-state index is 12.0. The van der Waals surface area contributed by atoms with Crippen LogP contribution in [0.15, 0.2) is 0 Å². The fourth-order valence-corrected chi connectivity index (χ4v) is 3.39. The zero-order valence-electron chi connectivity index (χ0n) is 12.3. The lowest BCUT2D eigenvalue weighted by Gasteiger charge is -2.15. The molecule has 7 nitrogen and oxygen atoms in total. The van der Waals surface area contributed by atoms with Gasteiger partial charge in [-0.25, -0.2) is 9.78 Å². The quantitative estimate of drug-likeness (QED) is 0.745. The van der Waals surface area contributed by atoms with Crippen molar-refractivity contribution in [1.82, 2.24) is 15.2 Å². The number of hydrogen-bond acceptors (Lipinski definition) is 5. The van der Waals surface area contributed by atoms with Crippen molar-refractivity contribution in [2.75, 3.05) is 25.0 Å². The molecule has 1 saturated heterocycles. The highest BCUT2D eigenvalue weighted by molar-refractivity contribution is 7.15. The number of amides is 3. The Hall–Kier alpha value is -1.67. The third-order valence-electron chi connectivity index (χ3n) is 3.46. The molecule has 116 valence electrons. The van der Waals surface area contributed by atoms with E-state index in [0.29, 0.717) is 18.2 Å². The van der Waals surface area contributed by atoms with Gasteiger partial charge in [0.25, 0.3) is 0 Å². The molecule has 0 saturated carbocycles. The Balaban J connectivity index is 1.81. The molecule has 3 amide bonds. The van der Waals surface area contributed by atoms with Crippen molar-refractivity contribution in [1.29, 1.82) is 0 Å². The molecule has 8 heteroatoms. The normalized spacial score (nSPS) is 18.7. The van der Waals surface area contributed by atoms with Crippen molar-refractivity contribution < 1.29 is 9.59 Å². The number of nitrogens with zero attached hydrogens (tertiary/aromatic N) is 2. The van der Waals surface area contributed by atoms with Gasteiger partial charge in [0.05, 0.1) is 12.2 Å². The van der Waals surface area contributed by atoms with Crippen molar-refractivity contribution in [3.05, 3.63) is 10.6 Å². The van der Waals surface area contributed by atoms with Gasteiger partial charge in [0.15, 0.2) is 5.13 Å². The monoisotopic (exact) mass is 311 g/mol. The van der Waals surface area contributed by atoms with E-state index in [2.05, 4.69) is 15.6 Å². The number of likely N-dealkylation sites (tertiary alicyclic amines) is 1. The summed E-state index contributed by atoms with van der Waals surface area (Å²) in [4.78, 5) is 30.3. The van der Waals surface area contributed by atoms with E-state index in [-0.39, 0.29) is 11.9 Å². The second-order valence-corrected chi connectivity index (χ2v) is 6.36. The summed E-state index contributed by atoms with van der Waals surface area (Å²) in [6.07, 6.45) is 1.68. The van der Waals surface area contributed by atoms with Crippen LogP contribution in [0.5, 0.6) is 0 Å². The standard InChI is InChI=1S/C13H21N5O2S/c1-3-10-8(2)21-13(16-10)17-11(19)7-18-5-4-9(6-18)15-12(14)20/h9H,3-7H2,1-2H3,(H3,14,15,20)(H,16,17,19). The molecule has 0 aliphatic carbocycles. The lowest BCUT2D eigenvalue weighted by atomic mass is 10.3. The molecular weight excluding hydrogens is 290 g/mol. The van der Waals surface area contributed by atoms with Crippen molar-refractivity contribution in [2.45, 2.75) is 32.7 Å². The summed E-state index contributed by atoms with van der Waals surface area (Å²) in [5.74, 6) is -0.0777. The Bertz CT molecular complexity index is 531. The molecule has 1 unspecified atom stereocenters. The van der Waals surface area contributed by atoms with Gasteiger partial charge in [-0.3, -0.25) is 9.69 Å². The molecule has 4 N–H and O–H groups in total. The van der Waals surface area contributed by atoms with E-state index < -0.39 is 6.03 Å². The number of urea groups is 1. The van der Waals surface area contributed by atoms with Crippen LogP contribution in [0.1, 0.15) is 23.9 Å². The van der Waals surface area contributed by atoms with E-state index in [1.165, 1.54) is 11.3 Å². The smallest absolute Gasteiger partial charge is 0.312 e. The number of aryl methyl sites for hydroxylation is 2. The summed E-state index contributed by atoms with van der Waals surface area (Å²) >= 11 is 1.50. The molecule has 2 heterocycles. The molecule has 1 fully saturated rings. The minimum atomic E-state index is -0.517. The number of hydrogen-bond donors (Lipinski definition) is 3. The zero-order chi connectivity index (χ0) is 15.4. The van der Waals surface area contributed by atoms with Gasteiger partial charge >= 0.3 is 6.03 Å². The number of rotatable bonds is 5. The molecule has 1 aliphatic rings. The SMILES string of the molecule is CCc1nc(NC(=O)CN2CCC(NC(N)=O)C2)sc1C. The van der Waals surface area contributed by atoms with Crippen LogP contribution in [-0.2, 0) is 11.2 Å². The van der Waals surface area contributed by atoms with E-state index in [1.807, 2.05) is 18.7 Å². The van der Waals surface area contributed by atoms with E-state index in [4.69, 9.17) is 5.73 Å². The molecule has 1 aromatic heterocycles. The van der Waals surface area contributed by atoms with E-state index in [0.717, 1.165) is 30.0 Å². The van der Waals surface area contributed by atoms with Gasteiger partial charge < -0.3 is 16.4 Å². The molecule has 0 radical (unpaired) electrons. The molecule has 2 rings (SSSR count). The van der Waals surface area contributed by atoms with Gasteiger partial charge in [-0.05, 0) is 19.8 Å². The first kappa shape index (κ1) is 15.7. The molecule has 1 atom stereocenters. The number of carbonyl (C=O) groups excluding carboxylic acids is 2. The number of nitrogens with two attached hydrogens (primary N) is 1. The molecule has 21 heavy (non-hydrogen) atoms. The summed E-state index contributed by atoms with van der Waals surface area (Å²) in [6.45, 7) is 5.77. The van der Waals surface area contributed by atoms with Crippen molar-refractivity contribution in [2.24, 2.45) is 5.73 Å². The van der Waals surface area contributed by atoms with E-state index >= 15 is 0 Å². The minimum absolute atomic E-state index is 0.0316. The number of primary amides is 1. The summed E-state index contributed by atoms with van der Waals surface area (Å²) in [6, 6.07) is -0.485. The number of carbonyl (C=O) groups is 2. The Labute approximate surface area is 127 Å². The molecule has 0 spiro atoms.